The topological polar surface area (TPSA) is 78.5 Å². The van der Waals surface area contributed by atoms with Crippen LogP contribution in [0.1, 0.15) is 5.56 Å². The Balaban J connectivity index is 2.02. The van der Waals surface area contributed by atoms with Gasteiger partial charge in [0, 0.05) is 12.2 Å². The number of nitrogens with one attached hydrogen (secondary N) is 1. The summed E-state index contributed by atoms with van der Waals surface area (Å²) in [5, 5.41) is 21.6. The Kier molecular flexibility index (Phi) is 3.05. The number of phenolic OH excluding ortho intramolecular Hbond substituents is 2. The van der Waals surface area contributed by atoms with Gasteiger partial charge in [-0.05, 0) is 35.9 Å². The van der Waals surface area contributed by atoms with E-state index in [1.807, 2.05) is 12.1 Å². The second kappa shape index (κ2) is 4.65. The molecule has 2 rings (SSSR count). The van der Waals surface area contributed by atoms with Crippen molar-refractivity contribution in [1.29, 1.82) is 0 Å². The number of hydrogen-bond acceptors (Lipinski definition) is 4. The minimum atomic E-state index is 0.0835. The molecule has 0 radical (unpaired) electrons. The van der Waals surface area contributed by atoms with E-state index in [9.17, 15) is 5.11 Å². The van der Waals surface area contributed by atoms with E-state index in [0.717, 1.165) is 11.3 Å². The third-order valence-electron chi connectivity index (χ3n) is 2.46. The quantitative estimate of drug-likeness (QED) is 0.370. The first-order valence-electron chi connectivity index (χ1n) is 5.25. The molecule has 4 nitrogen and oxygen atoms in total. The maximum absolute atomic E-state index is 9.28. The van der Waals surface area contributed by atoms with E-state index in [2.05, 4.69) is 5.32 Å². The molecule has 2 aromatic rings. The summed E-state index contributed by atoms with van der Waals surface area (Å²) in [5.74, 6) is 0.336. The van der Waals surface area contributed by atoms with Gasteiger partial charge in [-0.15, -0.1) is 0 Å². The molecular weight excluding hydrogens is 216 g/mol. The largest absolute Gasteiger partial charge is 0.508 e. The van der Waals surface area contributed by atoms with E-state index in [4.69, 9.17) is 10.8 Å². The van der Waals surface area contributed by atoms with Gasteiger partial charge in [-0.2, -0.15) is 0 Å². The predicted octanol–water partition coefficient (Wildman–Crippen LogP) is 2.29. The predicted molar refractivity (Wildman–Crippen MR) is 68.0 cm³/mol. The number of aromatic hydroxyl groups is 2. The number of phenols is 2. The van der Waals surface area contributed by atoms with Gasteiger partial charge in [0.1, 0.15) is 11.5 Å². The molecule has 17 heavy (non-hydrogen) atoms. The van der Waals surface area contributed by atoms with Crippen molar-refractivity contribution in [2.24, 2.45) is 0 Å². The van der Waals surface area contributed by atoms with Crippen LogP contribution in [0.5, 0.6) is 11.5 Å². The first kappa shape index (κ1) is 11.1. The summed E-state index contributed by atoms with van der Waals surface area (Å²) in [4.78, 5) is 0. The van der Waals surface area contributed by atoms with Gasteiger partial charge >= 0.3 is 0 Å². The lowest BCUT2D eigenvalue weighted by Crippen LogP contribution is -1.99. The highest BCUT2D eigenvalue weighted by atomic mass is 16.3. The van der Waals surface area contributed by atoms with Crippen LogP contribution in [0, 0.1) is 0 Å². The number of rotatable bonds is 3. The number of hydrogen-bond donors (Lipinski definition) is 4. The Labute approximate surface area is 99.3 Å². The summed E-state index contributed by atoms with van der Waals surface area (Å²) in [6, 6.07) is 11.9. The highest BCUT2D eigenvalue weighted by Gasteiger charge is 1.99. The lowest BCUT2D eigenvalue weighted by Gasteiger charge is -2.08. The first-order valence-corrected chi connectivity index (χ1v) is 5.25. The van der Waals surface area contributed by atoms with Crippen LogP contribution in [0.25, 0.3) is 0 Å². The molecule has 0 heterocycles. The second-order valence-electron chi connectivity index (χ2n) is 3.79. The van der Waals surface area contributed by atoms with Gasteiger partial charge < -0.3 is 21.3 Å². The average molecular weight is 230 g/mol. The van der Waals surface area contributed by atoms with Crippen molar-refractivity contribution in [3.8, 4) is 11.5 Å². The van der Waals surface area contributed by atoms with Crippen LogP contribution in [0.4, 0.5) is 11.4 Å². The monoisotopic (exact) mass is 230 g/mol. The van der Waals surface area contributed by atoms with Gasteiger partial charge in [0.15, 0.2) is 0 Å². The molecule has 0 aromatic heterocycles. The van der Waals surface area contributed by atoms with E-state index < -0.39 is 0 Å². The summed E-state index contributed by atoms with van der Waals surface area (Å²) in [5.41, 5.74) is 7.83. The van der Waals surface area contributed by atoms with Crippen LogP contribution < -0.4 is 11.1 Å². The first-order chi connectivity index (χ1) is 8.15. The third-order valence-corrected chi connectivity index (χ3v) is 2.46. The molecule has 5 N–H and O–H groups in total. The molecule has 0 fully saturated rings. The van der Waals surface area contributed by atoms with Crippen molar-refractivity contribution in [2.45, 2.75) is 6.54 Å². The fourth-order valence-corrected chi connectivity index (χ4v) is 1.48. The Morgan fingerprint density at radius 2 is 1.71 bits per heavy atom. The highest BCUT2D eigenvalue weighted by molar-refractivity contribution is 5.61. The molecule has 2 aromatic carbocycles. The number of anilines is 2. The highest BCUT2D eigenvalue weighted by Crippen LogP contribution is 2.23. The van der Waals surface area contributed by atoms with Crippen molar-refractivity contribution < 1.29 is 10.2 Å². The van der Waals surface area contributed by atoms with Crippen LogP contribution >= 0.6 is 0 Å². The summed E-state index contributed by atoms with van der Waals surface area (Å²) >= 11 is 0. The van der Waals surface area contributed by atoms with Crippen molar-refractivity contribution in [3.63, 3.8) is 0 Å². The zero-order valence-corrected chi connectivity index (χ0v) is 9.22. The van der Waals surface area contributed by atoms with Crippen molar-refractivity contribution in [1.82, 2.24) is 0 Å². The van der Waals surface area contributed by atoms with Gasteiger partial charge in [0.05, 0.1) is 5.69 Å². The summed E-state index contributed by atoms with van der Waals surface area (Å²) in [6.07, 6.45) is 0. The van der Waals surface area contributed by atoms with Crippen LogP contribution in [0.3, 0.4) is 0 Å². The molecule has 0 atom stereocenters. The molecule has 0 aliphatic heterocycles. The van der Waals surface area contributed by atoms with Crippen molar-refractivity contribution in [3.05, 3.63) is 48.0 Å². The van der Waals surface area contributed by atoms with Crippen molar-refractivity contribution in [2.75, 3.05) is 11.1 Å². The number of nitrogens with two attached hydrogens (primary N) is 1. The lowest BCUT2D eigenvalue weighted by atomic mass is 10.2. The molecule has 0 bridgehead atoms. The minimum absolute atomic E-state index is 0.0835. The summed E-state index contributed by atoms with van der Waals surface area (Å²) in [7, 11) is 0. The number of benzene rings is 2. The summed E-state index contributed by atoms with van der Waals surface area (Å²) < 4.78 is 0. The fraction of sp³-hybridized carbons (Fsp3) is 0.0769. The van der Waals surface area contributed by atoms with E-state index in [1.54, 1.807) is 30.3 Å². The molecule has 4 heteroatoms. The zero-order valence-electron chi connectivity index (χ0n) is 9.22. The lowest BCUT2D eigenvalue weighted by molar-refractivity contribution is 0.475. The molecule has 0 amide bonds. The Morgan fingerprint density at radius 3 is 2.35 bits per heavy atom. The van der Waals surface area contributed by atoms with E-state index >= 15 is 0 Å². The van der Waals surface area contributed by atoms with E-state index in [0.29, 0.717) is 12.2 Å². The Hall–Kier alpha value is -2.36. The molecule has 0 aliphatic carbocycles. The van der Waals surface area contributed by atoms with Crippen LogP contribution in [0.2, 0.25) is 0 Å². The minimum Gasteiger partial charge on any atom is -0.508 e. The number of nitrogen functional groups attached to an aromatic ring is 1. The maximum Gasteiger partial charge on any atom is 0.138 e. The molecule has 0 saturated carbocycles. The van der Waals surface area contributed by atoms with Gasteiger partial charge in [-0.1, -0.05) is 12.1 Å². The van der Waals surface area contributed by atoms with Crippen LogP contribution in [0.15, 0.2) is 42.5 Å². The maximum atomic E-state index is 9.28. The van der Waals surface area contributed by atoms with Gasteiger partial charge in [0.25, 0.3) is 0 Å². The molecule has 0 saturated heterocycles. The smallest absolute Gasteiger partial charge is 0.138 e. The third kappa shape index (κ3) is 2.81. The molecule has 0 unspecified atom stereocenters. The molecular formula is C13H14N2O2. The Bertz CT molecular complexity index is 509. The second-order valence-corrected chi connectivity index (χ2v) is 3.79. The van der Waals surface area contributed by atoms with E-state index in [1.165, 1.54) is 0 Å². The molecule has 88 valence electrons. The van der Waals surface area contributed by atoms with Gasteiger partial charge in [-0.3, -0.25) is 0 Å². The SMILES string of the molecule is Nc1cc(NCc2ccc(O)cc2)ccc1O. The molecule has 0 aliphatic rings. The molecule has 0 spiro atoms. The summed E-state index contributed by atoms with van der Waals surface area (Å²) in [6.45, 7) is 0.629. The van der Waals surface area contributed by atoms with Crippen LogP contribution in [-0.4, -0.2) is 10.2 Å². The van der Waals surface area contributed by atoms with E-state index in [-0.39, 0.29) is 11.5 Å². The average Bonchev–Trinajstić information content (AvgIpc) is 2.33. The Morgan fingerprint density at radius 1 is 1.00 bits per heavy atom. The zero-order chi connectivity index (χ0) is 12.3. The standard InChI is InChI=1S/C13H14N2O2/c14-12-7-10(3-6-13(12)17)15-8-9-1-4-11(16)5-2-9/h1-7,15-17H,8,14H2. The fourth-order valence-electron chi connectivity index (χ4n) is 1.48. The van der Waals surface area contributed by atoms with Gasteiger partial charge in [0.2, 0.25) is 0 Å². The van der Waals surface area contributed by atoms with Crippen molar-refractivity contribution >= 4 is 11.4 Å². The van der Waals surface area contributed by atoms with Gasteiger partial charge in [-0.25, -0.2) is 0 Å². The van der Waals surface area contributed by atoms with Crippen LogP contribution in [-0.2, 0) is 6.54 Å². The normalized spacial score (nSPS) is 10.1.